The van der Waals surface area contributed by atoms with E-state index in [1.807, 2.05) is 45.0 Å². The van der Waals surface area contributed by atoms with Crippen molar-refractivity contribution >= 4 is 17.8 Å². The predicted molar refractivity (Wildman–Crippen MR) is 89.3 cm³/mol. The lowest BCUT2D eigenvalue weighted by Crippen LogP contribution is -2.37. The van der Waals surface area contributed by atoms with Gasteiger partial charge in [-0.1, -0.05) is 24.3 Å². The average Bonchev–Trinajstić information content (AvgIpc) is 2.89. The number of hydrogen-bond acceptors (Lipinski definition) is 3. The first-order valence-corrected chi connectivity index (χ1v) is 8.16. The van der Waals surface area contributed by atoms with Crippen LogP contribution in [0, 0.1) is 12.8 Å². The molecule has 1 saturated heterocycles. The second kappa shape index (κ2) is 7.47. The number of aliphatic carboxylic acids is 1. The molecule has 6 heteroatoms. The van der Waals surface area contributed by atoms with Crippen molar-refractivity contribution in [3.8, 4) is 0 Å². The number of nitrogens with one attached hydrogen (secondary N) is 1. The van der Waals surface area contributed by atoms with E-state index in [9.17, 15) is 14.4 Å². The second-order valence-electron chi connectivity index (χ2n) is 6.56. The Hall–Kier alpha value is -2.37. The Labute approximate surface area is 141 Å². The van der Waals surface area contributed by atoms with Gasteiger partial charge in [0.2, 0.25) is 11.8 Å². The maximum absolute atomic E-state index is 12.6. The van der Waals surface area contributed by atoms with Gasteiger partial charge in [-0.2, -0.15) is 0 Å². The summed E-state index contributed by atoms with van der Waals surface area (Å²) in [5.74, 6) is -1.70. The van der Waals surface area contributed by atoms with E-state index in [1.165, 1.54) is 0 Å². The van der Waals surface area contributed by atoms with Crippen LogP contribution in [-0.4, -0.2) is 40.4 Å². The maximum atomic E-state index is 12.6. The van der Waals surface area contributed by atoms with Crippen molar-refractivity contribution in [1.82, 2.24) is 10.2 Å². The van der Waals surface area contributed by atoms with Crippen LogP contribution in [0.1, 0.15) is 43.9 Å². The quantitative estimate of drug-likeness (QED) is 0.833. The number of carboxylic acid groups (broad SMARTS) is 1. The van der Waals surface area contributed by atoms with Crippen molar-refractivity contribution in [1.29, 1.82) is 0 Å². The van der Waals surface area contributed by atoms with Crippen LogP contribution in [0.25, 0.3) is 0 Å². The van der Waals surface area contributed by atoms with Gasteiger partial charge in [0.15, 0.2) is 0 Å². The van der Waals surface area contributed by atoms with Crippen LogP contribution < -0.4 is 5.32 Å². The summed E-state index contributed by atoms with van der Waals surface area (Å²) in [5.41, 5.74) is 1.72. The highest BCUT2D eigenvalue weighted by Gasteiger charge is 2.36. The molecule has 0 aromatic heterocycles. The minimum Gasteiger partial charge on any atom is -0.481 e. The fraction of sp³-hybridized carbons (Fsp3) is 0.500. The number of carbonyl (C=O) groups is 3. The zero-order valence-corrected chi connectivity index (χ0v) is 14.3. The Morgan fingerprint density at radius 2 is 2.00 bits per heavy atom. The van der Waals surface area contributed by atoms with Crippen molar-refractivity contribution in [2.75, 3.05) is 6.54 Å². The van der Waals surface area contributed by atoms with Crippen LogP contribution in [0.15, 0.2) is 24.3 Å². The van der Waals surface area contributed by atoms with E-state index in [-0.39, 0.29) is 30.7 Å². The van der Waals surface area contributed by atoms with Gasteiger partial charge in [-0.05, 0) is 31.9 Å². The fourth-order valence-corrected chi connectivity index (χ4v) is 3.09. The van der Waals surface area contributed by atoms with Crippen LogP contribution in [0.4, 0.5) is 0 Å². The Balaban J connectivity index is 2.13. The van der Waals surface area contributed by atoms with Crippen molar-refractivity contribution in [2.45, 2.75) is 45.7 Å². The number of aryl methyl sites for hydroxylation is 1. The molecule has 6 nitrogen and oxygen atoms in total. The smallest absolute Gasteiger partial charge is 0.305 e. The lowest BCUT2D eigenvalue weighted by atomic mass is 9.97. The highest BCUT2D eigenvalue weighted by Crippen LogP contribution is 2.24. The number of carbonyl (C=O) groups excluding carboxylic acids is 2. The molecule has 1 aromatic carbocycles. The molecule has 1 fully saturated rings. The van der Waals surface area contributed by atoms with Crippen molar-refractivity contribution in [3.05, 3.63) is 35.4 Å². The van der Waals surface area contributed by atoms with Gasteiger partial charge < -0.3 is 15.3 Å². The lowest BCUT2D eigenvalue weighted by molar-refractivity contribution is -0.138. The molecule has 2 rings (SSSR count). The number of rotatable bonds is 6. The van der Waals surface area contributed by atoms with E-state index in [1.54, 1.807) is 4.90 Å². The van der Waals surface area contributed by atoms with Gasteiger partial charge in [0, 0.05) is 19.0 Å². The summed E-state index contributed by atoms with van der Waals surface area (Å²) < 4.78 is 0. The number of amides is 2. The average molecular weight is 332 g/mol. The van der Waals surface area contributed by atoms with Gasteiger partial charge in [0.1, 0.15) is 0 Å². The van der Waals surface area contributed by atoms with Crippen LogP contribution >= 0.6 is 0 Å². The summed E-state index contributed by atoms with van der Waals surface area (Å²) in [7, 11) is 0. The van der Waals surface area contributed by atoms with Gasteiger partial charge >= 0.3 is 5.97 Å². The normalized spacial score (nSPS) is 18.8. The molecule has 0 radical (unpaired) electrons. The summed E-state index contributed by atoms with van der Waals surface area (Å²) in [5, 5.41) is 12.0. The molecule has 130 valence electrons. The molecule has 0 bridgehead atoms. The van der Waals surface area contributed by atoms with Crippen LogP contribution in [0.2, 0.25) is 0 Å². The molecule has 2 atom stereocenters. The van der Waals surface area contributed by atoms with E-state index in [0.29, 0.717) is 6.54 Å². The second-order valence-corrected chi connectivity index (χ2v) is 6.56. The molecule has 0 spiro atoms. The van der Waals surface area contributed by atoms with E-state index in [2.05, 4.69) is 5.32 Å². The molecule has 1 aliphatic heterocycles. The van der Waals surface area contributed by atoms with E-state index >= 15 is 0 Å². The van der Waals surface area contributed by atoms with Crippen LogP contribution in [0.5, 0.6) is 0 Å². The number of likely N-dealkylation sites (tertiary alicyclic amines) is 1. The molecule has 1 aliphatic rings. The topological polar surface area (TPSA) is 86.7 Å². The van der Waals surface area contributed by atoms with E-state index in [0.717, 1.165) is 11.1 Å². The molecule has 2 amide bonds. The zero-order chi connectivity index (χ0) is 17.9. The molecular weight excluding hydrogens is 308 g/mol. The lowest BCUT2D eigenvalue weighted by Gasteiger charge is -2.23. The SMILES string of the molecule is Cc1ccccc1C(CC(=O)O)NC(=O)C1CC(=O)N(C(C)C)C1. The molecule has 1 aromatic rings. The summed E-state index contributed by atoms with van der Waals surface area (Å²) in [6, 6.07) is 6.86. The van der Waals surface area contributed by atoms with Gasteiger partial charge in [-0.25, -0.2) is 0 Å². The molecule has 0 aliphatic carbocycles. The molecule has 24 heavy (non-hydrogen) atoms. The number of hydrogen-bond donors (Lipinski definition) is 2. The third-order valence-corrected chi connectivity index (χ3v) is 4.41. The number of carboxylic acids is 1. The van der Waals surface area contributed by atoms with Crippen molar-refractivity contribution in [3.63, 3.8) is 0 Å². The van der Waals surface area contributed by atoms with Gasteiger partial charge in [0.05, 0.1) is 18.4 Å². The largest absolute Gasteiger partial charge is 0.481 e. The van der Waals surface area contributed by atoms with Crippen LogP contribution in [-0.2, 0) is 14.4 Å². The van der Waals surface area contributed by atoms with Crippen LogP contribution in [0.3, 0.4) is 0 Å². The van der Waals surface area contributed by atoms with E-state index in [4.69, 9.17) is 5.11 Å². The highest BCUT2D eigenvalue weighted by molar-refractivity contribution is 5.89. The first-order valence-electron chi connectivity index (χ1n) is 8.16. The first kappa shape index (κ1) is 18.0. The van der Waals surface area contributed by atoms with Gasteiger partial charge in [0.25, 0.3) is 0 Å². The Morgan fingerprint density at radius 3 is 2.54 bits per heavy atom. The fourth-order valence-electron chi connectivity index (χ4n) is 3.09. The number of nitrogens with zero attached hydrogens (tertiary/aromatic N) is 1. The molecular formula is C18H24N2O4. The number of benzene rings is 1. The summed E-state index contributed by atoms with van der Waals surface area (Å²) in [6.45, 7) is 6.10. The minimum absolute atomic E-state index is 0.0316. The summed E-state index contributed by atoms with van der Waals surface area (Å²) >= 11 is 0. The maximum Gasteiger partial charge on any atom is 0.305 e. The standard InChI is InChI=1S/C18H24N2O4/c1-11(2)20-10-13(8-16(20)21)18(24)19-15(9-17(22)23)14-7-5-4-6-12(14)3/h4-7,11,13,15H,8-10H2,1-3H3,(H,19,24)(H,22,23). The summed E-state index contributed by atoms with van der Waals surface area (Å²) in [6.07, 6.45) is -0.0112. The molecule has 0 saturated carbocycles. The third-order valence-electron chi connectivity index (χ3n) is 4.41. The third kappa shape index (κ3) is 4.13. The molecule has 1 heterocycles. The Bertz CT molecular complexity index is 642. The zero-order valence-electron chi connectivity index (χ0n) is 14.3. The van der Waals surface area contributed by atoms with Gasteiger partial charge in [-0.3, -0.25) is 14.4 Å². The Kier molecular flexibility index (Phi) is 5.59. The minimum atomic E-state index is -0.977. The molecule has 2 N–H and O–H groups in total. The van der Waals surface area contributed by atoms with E-state index < -0.39 is 17.9 Å². The Morgan fingerprint density at radius 1 is 1.33 bits per heavy atom. The van der Waals surface area contributed by atoms with Crippen molar-refractivity contribution in [2.24, 2.45) is 5.92 Å². The highest BCUT2D eigenvalue weighted by atomic mass is 16.4. The molecule has 2 unspecified atom stereocenters. The first-order chi connectivity index (χ1) is 11.3. The predicted octanol–water partition coefficient (Wildman–Crippen LogP) is 1.88. The van der Waals surface area contributed by atoms with Crippen molar-refractivity contribution < 1.29 is 19.5 Å². The monoisotopic (exact) mass is 332 g/mol. The van der Waals surface area contributed by atoms with Gasteiger partial charge in [-0.15, -0.1) is 0 Å². The summed E-state index contributed by atoms with van der Waals surface area (Å²) in [4.78, 5) is 37.4.